The van der Waals surface area contributed by atoms with E-state index in [2.05, 4.69) is 27.3 Å². The van der Waals surface area contributed by atoms with Gasteiger partial charge in [-0.3, -0.25) is 0 Å². The molecule has 0 aromatic heterocycles. The third kappa shape index (κ3) is 4.08. The average Bonchev–Trinajstić information content (AvgIpc) is 2.68. The molecule has 154 valence electrons. The van der Waals surface area contributed by atoms with Crippen molar-refractivity contribution in [2.45, 2.75) is 51.3 Å². The molecule has 2 aromatic carbocycles. The van der Waals surface area contributed by atoms with E-state index in [1.165, 1.54) is 38.2 Å². The van der Waals surface area contributed by atoms with Gasteiger partial charge in [-0.25, -0.2) is 4.39 Å². The molecule has 6 rings (SSSR count). The monoisotopic (exact) mass is 477 g/mol. The van der Waals surface area contributed by atoms with Gasteiger partial charge in [0, 0.05) is 28.2 Å². The average molecular weight is 479 g/mol. The van der Waals surface area contributed by atoms with Crippen molar-refractivity contribution in [3.05, 3.63) is 62.8 Å². The zero-order chi connectivity index (χ0) is 20.0. The summed E-state index contributed by atoms with van der Waals surface area (Å²) in [5, 5.41) is 4.27. The van der Waals surface area contributed by atoms with E-state index in [4.69, 9.17) is 16.3 Å². The Balaban J connectivity index is 1.28. The molecular formula is C24H26BrClFNO. The lowest BCUT2D eigenvalue weighted by molar-refractivity contribution is -0.0143. The van der Waals surface area contributed by atoms with Crippen molar-refractivity contribution in [3.63, 3.8) is 0 Å². The van der Waals surface area contributed by atoms with Gasteiger partial charge in [0.25, 0.3) is 0 Å². The molecule has 0 spiro atoms. The maximum atomic E-state index is 14.1. The van der Waals surface area contributed by atoms with Gasteiger partial charge >= 0.3 is 0 Å². The van der Waals surface area contributed by atoms with Crippen LogP contribution in [0.5, 0.6) is 5.75 Å². The maximum Gasteiger partial charge on any atom is 0.131 e. The van der Waals surface area contributed by atoms with Crippen LogP contribution < -0.4 is 10.1 Å². The van der Waals surface area contributed by atoms with Crippen molar-refractivity contribution in [2.24, 2.45) is 23.7 Å². The van der Waals surface area contributed by atoms with Crippen molar-refractivity contribution in [1.29, 1.82) is 0 Å². The minimum Gasteiger partial charge on any atom is -0.488 e. The summed E-state index contributed by atoms with van der Waals surface area (Å²) < 4.78 is 21.1. The summed E-state index contributed by atoms with van der Waals surface area (Å²) in [5.74, 6) is 4.07. The van der Waals surface area contributed by atoms with E-state index >= 15 is 0 Å². The van der Waals surface area contributed by atoms with Crippen LogP contribution in [0.4, 0.5) is 4.39 Å². The lowest BCUT2D eigenvalue weighted by Gasteiger charge is -2.54. The lowest BCUT2D eigenvalue weighted by Crippen LogP contribution is -2.54. The molecule has 2 nitrogen and oxygen atoms in total. The van der Waals surface area contributed by atoms with Crippen molar-refractivity contribution < 1.29 is 9.13 Å². The standard InChI is InChI=1S/C24H26BrClFNO/c25-19-4-5-23(29-13-20-21(26)2-1-3-22(20)27)18(11-19)12-28-24-16-7-14-6-15(9-16)10-17(24)8-14/h1-5,11,14-17,24,28H,6-10,12-13H2. The predicted octanol–water partition coefficient (Wildman–Crippen LogP) is 6.73. The molecule has 0 saturated heterocycles. The topological polar surface area (TPSA) is 21.3 Å². The molecule has 0 radical (unpaired) electrons. The molecule has 1 N–H and O–H groups in total. The van der Waals surface area contributed by atoms with Gasteiger partial charge in [-0.2, -0.15) is 0 Å². The Labute approximate surface area is 185 Å². The van der Waals surface area contributed by atoms with E-state index in [0.29, 0.717) is 16.6 Å². The highest BCUT2D eigenvalue weighted by Gasteiger charge is 2.47. The van der Waals surface area contributed by atoms with Crippen LogP contribution in [0.15, 0.2) is 40.9 Å². The molecule has 0 atom stereocenters. The number of nitrogens with one attached hydrogen (secondary N) is 1. The van der Waals surface area contributed by atoms with Crippen LogP contribution in [-0.2, 0) is 13.2 Å². The molecule has 4 fully saturated rings. The van der Waals surface area contributed by atoms with Gasteiger partial charge in [0.2, 0.25) is 0 Å². The Morgan fingerprint density at radius 1 is 1.03 bits per heavy atom. The first-order valence-corrected chi connectivity index (χ1v) is 11.8. The number of hydrogen-bond acceptors (Lipinski definition) is 2. The normalized spacial score (nSPS) is 30.0. The number of ether oxygens (including phenoxy) is 1. The number of hydrogen-bond donors (Lipinski definition) is 1. The maximum absolute atomic E-state index is 14.1. The molecule has 29 heavy (non-hydrogen) atoms. The van der Waals surface area contributed by atoms with Gasteiger partial charge in [-0.1, -0.05) is 33.6 Å². The van der Waals surface area contributed by atoms with E-state index in [1.54, 1.807) is 12.1 Å². The van der Waals surface area contributed by atoms with Crippen molar-refractivity contribution in [3.8, 4) is 5.75 Å². The summed E-state index contributed by atoms with van der Waals surface area (Å²) in [7, 11) is 0. The Hall–Kier alpha value is -1.10. The number of benzene rings is 2. The van der Waals surface area contributed by atoms with Gasteiger partial charge in [-0.15, -0.1) is 0 Å². The fourth-order valence-electron chi connectivity index (χ4n) is 6.13. The van der Waals surface area contributed by atoms with Crippen LogP contribution in [0.3, 0.4) is 0 Å². The molecule has 2 aromatic rings. The van der Waals surface area contributed by atoms with Crippen molar-refractivity contribution in [2.75, 3.05) is 0 Å². The zero-order valence-corrected chi connectivity index (χ0v) is 18.7. The Kier molecular flexibility index (Phi) is 5.61. The van der Waals surface area contributed by atoms with E-state index in [9.17, 15) is 4.39 Å². The first-order chi connectivity index (χ1) is 14.1. The highest BCUT2D eigenvalue weighted by Crippen LogP contribution is 2.53. The summed E-state index contributed by atoms with van der Waals surface area (Å²) in [6.07, 6.45) is 7.08. The van der Waals surface area contributed by atoms with E-state index in [1.807, 2.05) is 12.1 Å². The molecule has 5 heteroatoms. The number of rotatable bonds is 6. The fourth-order valence-corrected chi connectivity index (χ4v) is 6.76. The van der Waals surface area contributed by atoms with Crippen LogP contribution >= 0.6 is 27.5 Å². The van der Waals surface area contributed by atoms with Gasteiger partial charge in [0.05, 0.1) is 5.02 Å². The van der Waals surface area contributed by atoms with Crippen LogP contribution in [0.2, 0.25) is 5.02 Å². The molecule has 0 unspecified atom stereocenters. The molecule has 4 aliphatic carbocycles. The molecule has 0 amide bonds. The SMILES string of the molecule is Fc1cccc(Cl)c1COc1ccc(Br)cc1CNC1C2CC3CC(C2)CC1C3. The van der Waals surface area contributed by atoms with E-state index in [-0.39, 0.29) is 12.4 Å². The molecule has 4 aliphatic rings. The van der Waals surface area contributed by atoms with E-state index < -0.39 is 0 Å². The first kappa shape index (κ1) is 19.8. The molecule has 4 saturated carbocycles. The van der Waals surface area contributed by atoms with Gasteiger partial charge in [-0.05, 0) is 86.1 Å². The first-order valence-electron chi connectivity index (χ1n) is 10.6. The Bertz CT molecular complexity index is 856. The van der Waals surface area contributed by atoms with Crippen molar-refractivity contribution >= 4 is 27.5 Å². The summed E-state index contributed by atoms with van der Waals surface area (Å²) in [5.41, 5.74) is 1.50. The summed E-state index contributed by atoms with van der Waals surface area (Å²) in [6.45, 7) is 0.894. The molecule has 4 bridgehead atoms. The Morgan fingerprint density at radius 2 is 1.76 bits per heavy atom. The third-order valence-electron chi connectivity index (χ3n) is 7.21. The van der Waals surface area contributed by atoms with Crippen LogP contribution in [-0.4, -0.2) is 6.04 Å². The highest BCUT2D eigenvalue weighted by molar-refractivity contribution is 9.10. The van der Waals surface area contributed by atoms with Gasteiger partial charge < -0.3 is 10.1 Å². The largest absolute Gasteiger partial charge is 0.488 e. The third-order valence-corrected chi connectivity index (χ3v) is 8.06. The zero-order valence-electron chi connectivity index (χ0n) is 16.3. The summed E-state index contributed by atoms with van der Waals surface area (Å²) in [4.78, 5) is 0. The summed E-state index contributed by atoms with van der Waals surface area (Å²) in [6, 6.07) is 11.4. The number of halogens is 3. The molecule has 0 aliphatic heterocycles. The van der Waals surface area contributed by atoms with Gasteiger partial charge in [0.15, 0.2) is 0 Å². The second-order valence-electron chi connectivity index (χ2n) is 9.08. The van der Waals surface area contributed by atoms with Crippen LogP contribution in [0.25, 0.3) is 0 Å². The molecule has 0 heterocycles. The minimum absolute atomic E-state index is 0.123. The summed E-state index contributed by atoms with van der Waals surface area (Å²) >= 11 is 9.73. The lowest BCUT2D eigenvalue weighted by atomic mass is 9.54. The Morgan fingerprint density at radius 3 is 2.45 bits per heavy atom. The smallest absolute Gasteiger partial charge is 0.131 e. The second-order valence-corrected chi connectivity index (χ2v) is 10.4. The molecular weight excluding hydrogens is 453 g/mol. The fraction of sp³-hybridized carbons (Fsp3) is 0.500. The quantitative estimate of drug-likeness (QED) is 0.497. The highest BCUT2D eigenvalue weighted by atomic mass is 79.9. The van der Waals surface area contributed by atoms with Gasteiger partial charge in [0.1, 0.15) is 18.2 Å². The van der Waals surface area contributed by atoms with Crippen molar-refractivity contribution in [1.82, 2.24) is 5.32 Å². The van der Waals surface area contributed by atoms with E-state index in [0.717, 1.165) is 46.0 Å². The second kappa shape index (κ2) is 8.20. The van der Waals surface area contributed by atoms with Crippen LogP contribution in [0, 0.1) is 29.5 Å². The minimum atomic E-state index is -0.331. The predicted molar refractivity (Wildman–Crippen MR) is 118 cm³/mol. The van der Waals surface area contributed by atoms with Crippen LogP contribution in [0.1, 0.15) is 43.2 Å².